The largest absolute Gasteiger partial charge is 0.476 e. The number of nitrogens with zero attached hydrogens (tertiary/aromatic N) is 3. The summed E-state index contributed by atoms with van der Waals surface area (Å²) in [6.45, 7) is 1.96. The van der Waals surface area contributed by atoms with Crippen LogP contribution in [0.15, 0.2) is 41.0 Å². The summed E-state index contributed by atoms with van der Waals surface area (Å²) in [6.07, 6.45) is 1.62. The van der Waals surface area contributed by atoms with Gasteiger partial charge in [0.25, 0.3) is 0 Å². The molecule has 1 aromatic carbocycles. The second kappa shape index (κ2) is 4.72. The molecule has 0 spiro atoms. The summed E-state index contributed by atoms with van der Waals surface area (Å²) in [4.78, 5) is 15.5. The van der Waals surface area contributed by atoms with E-state index in [0.717, 1.165) is 15.7 Å². The molecule has 0 aliphatic rings. The van der Waals surface area contributed by atoms with Crippen molar-refractivity contribution < 1.29 is 9.90 Å². The van der Waals surface area contributed by atoms with Crippen molar-refractivity contribution >= 4 is 32.9 Å². The van der Waals surface area contributed by atoms with Crippen molar-refractivity contribution in [3.63, 3.8) is 0 Å². The molecule has 2 aromatic heterocycles. The van der Waals surface area contributed by atoms with Crippen LogP contribution in [0.3, 0.4) is 0 Å². The van der Waals surface area contributed by atoms with Crippen molar-refractivity contribution in [2.75, 3.05) is 0 Å². The molecule has 2 heterocycles. The van der Waals surface area contributed by atoms with E-state index in [1.54, 1.807) is 23.0 Å². The predicted molar refractivity (Wildman–Crippen MR) is 78.3 cm³/mol. The first-order chi connectivity index (χ1) is 9.56. The minimum absolute atomic E-state index is 0.00530. The monoisotopic (exact) mass is 331 g/mol. The lowest BCUT2D eigenvalue weighted by Gasteiger charge is -2.05. The van der Waals surface area contributed by atoms with Crippen LogP contribution in [0.5, 0.6) is 0 Å². The van der Waals surface area contributed by atoms with Gasteiger partial charge in [-0.05, 0) is 42.8 Å². The van der Waals surface area contributed by atoms with Crippen LogP contribution in [-0.2, 0) is 0 Å². The van der Waals surface area contributed by atoms with Crippen molar-refractivity contribution in [3.05, 3.63) is 52.3 Å². The maximum atomic E-state index is 11.3. The number of rotatable bonds is 2. The average molecular weight is 332 g/mol. The molecule has 0 saturated heterocycles. The number of carboxylic acid groups (broad SMARTS) is 1. The van der Waals surface area contributed by atoms with Gasteiger partial charge in [0.1, 0.15) is 0 Å². The molecule has 5 nitrogen and oxygen atoms in total. The summed E-state index contributed by atoms with van der Waals surface area (Å²) >= 11 is 3.43. The average Bonchev–Trinajstić information content (AvgIpc) is 2.77. The molecule has 3 aromatic rings. The maximum absolute atomic E-state index is 11.3. The summed E-state index contributed by atoms with van der Waals surface area (Å²) in [7, 11) is 0. The quantitative estimate of drug-likeness (QED) is 0.783. The third kappa shape index (κ3) is 2.08. The molecule has 0 bridgehead atoms. The van der Waals surface area contributed by atoms with Crippen LogP contribution in [0.1, 0.15) is 16.1 Å². The van der Waals surface area contributed by atoms with E-state index in [1.165, 1.54) is 0 Å². The fraction of sp³-hybridized carbons (Fsp3) is 0.0714. The number of hydrogen-bond acceptors (Lipinski definition) is 3. The lowest BCUT2D eigenvalue weighted by atomic mass is 10.2. The number of benzene rings is 1. The highest BCUT2D eigenvalue weighted by Crippen LogP contribution is 2.23. The number of aromatic nitrogens is 3. The third-order valence-electron chi connectivity index (χ3n) is 2.92. The van der Waals surface area contributed by atoms with Gasteiger partial charge < -0.3 is 5.11 Å². The standard InChI is InChI=1S/C14H10BrN3O2/c1-8-5-9(15)7-10(6-8)18-13-11(3-2-4-16-13)12(17-18)14(19)20/h2-7H,1H3,(H,19,20). The molecule has 6 heteroatoms. The van der Waals surface area contributed by atoms with Gasteiger partial charge in [-0.15, -0.1) is 0 Å². The van der Waals surface area contributed by atoms with E-state index < -0.39 is 5.97 Å². The lowest BCUT2D eigenvalue weighted by Crippen LogP contribution is -2.02. The van der Waals surface area contributed by atoms with Crippen LogP contribution in [0.4, 0.5) is 0 Å². The van der Waals surface area contributed by atoms with Crippen LogP contribution in [0.2, 0.25) is 0 Å². The second-order valence-electron chi connectivity index (χ2n) is 4.43. The molecule has 0 aliphatic heterocycles. The van der Waals surface area contributed by atoms with Gasteiger partial charge in [0, 0.05) is 10.7 Å². The van der Waals surface area contributed by atoms with Crippen LogP contribution >= 0.6 is 15.9 Å². The zero-order valence-corrected chi connectivity index (χ0v) is 12.1. The minimum Gasteiger partial charge on any atom is -0.476 e. The number of aryl methyl sites for hydroxylation is 1. The van der Waals surface area contributed by atoms with E-state index in [9.17, 15) is 9.90 Å². The normalized spacial score (nSPS) is 10.9. The Morgan fingerprint density at radius 3 is 2.85 bits per heavy atom. The molecular weight excluding hydrogens is 322 g/mol. The maximum Gasteiger partial charge on any atom is 0.357 e. The number of halogens is 1. The van der Waals surface area contributed by atoms with Gasteiger partial charge in [0.05, 0.1) is 11.1 Å². The smallest absolute Gasteiger partial charge is 0.357 e. The summed E-state index contributed by atoms with van der Waals surface area (Å²) in [5.41, 5.74) is 2.35. The third-order valence-corrected chi connectivity index (χ3v) is 3.37. The first-order valence-corrected chi connectivity index (χ1v) is 6.70. The number of pyridine rings is 1. The SMILES string of the molecule is Cc1cc(Br)cc(-n2nc(C(=O)O)c3cccnc32)c1. The Hall–Kier alpha value is -2.21. The number of hydrogen-bond donors (Lipinski definition) is 1. The summed E-state index contributed by atoms with van der Waals surface area (Å²) in [5, 5.41) is 13.9. The van der Waals surface area contributed by atoms with E-state index in [2.05, 4.69) is 26.0 Å². The van der Waals surface area contributed by atoms with Crippen LogP contribution in [0.25, 0.3) is 16.7 Å². The van der Waals surface area contributed by atoms with E-state index in [1.807, 2.05) is 25.1 Å². The van der Waals surface area contributed by atoms with E-state index in [0.29, 0.717) is 11.0 Å². The van der Waals surface area contributed by atoms with E-state index >= 15 is 0 Å². The summed E-state index contributed by atoms with van der Waals surface area (Å²) in [5.74, 6) is -1.06. The molecule has 20 heavy (non-hydrogen) atoms. The van der Waals surface area contributed by atoms with Gasteiger partial charge in [0.2, 0.25) is 0 Å². The molecule has 0 radical (unpaired) electrons. The highest BCUT2D eigenvalue weighted by Gasteiger charge is 2.18. The Morgan fingerprint density at radius 1 is 1.35 bits per heavy atom. The zero-order valence-electron chi connectivity index (χ0n) is 10.5. The summed E-state index contributed by atoms with van der Waals surface area (Å²) < 4.78 is 2.46. The molecule has 0 amide bonds. The molecule has 1 N–H and O–H groups in total. The van der Waals surface area contributed by atoms with Crippen molar-refractivity contribution in [1.29, 1.82) is 0 Å². The van der Waals surface area contributed by atoms with Crippen LogP contribution in [-0.4, -0.2) is 25.8 Å². The molecule has 0 fully saturated rings. The first-order valence-electron chi connectivity index (χ1n) is 5.91. The minimum atomic E-state index is -1.06. The topological polar surface area (TPSA) is 68.0 Å². The first kappa shape index (κ1) is 12.8. The molecule has 0 aliphatic carbocycles. The predicted octanol–water partition coefficient (Wildman–Crippen LogP) is 3.19. The fourth-order valence-electron chi connectivity index (χ4n) is 2.13. The highest BCUT2D eigenvalue weighted by atomic mass is 79.9. The summed E-state index contributed by atoms with van der Waals surface area (Å²) in [6, 6.07) is 9.19. The Balaban J connectivity index is 2.33. The molecule has 0 unspecified atom stereocenters. The number of carboxylic acids is 1. The Labute approximate surface area is 123 Å². The van der Waals surface area contributed by atoms with Crippen molar-refractivity contribution in [1.82, 2.24) is 14.8 Å². The highest BCUT2D eigenvalue weighted by molar-refractivity contribution is 9.10. The fourth-order valence-corrected chi connectivity index (χ4v) is 2.72. The second-order valence-corrected chi connectivity index (χ2v) is 5.34. The number of fused-ring (bicyclic) bond motifs is 1. The lowest BCUT2D eigenvalue weighted by molar-refractivity contribution is 0.0692. The van der Waals surface area contributed by atoms with Crippen LogP contribution in [0, 0.1) is 6.92 Å². The Morgan fingerprint density at radius 2 is 2.15 bits per heavy atom. The van der Waals surface area contributed by atoms with Crippen molar-refractivity contribution in [2.24, 2.45) is 0 Å². The van der Waals surface area contributed by atoms with Gasteiger partial charge in [-0.25, -0.2) is 14.5 Å². The van der Waals surface area contributed by atoms with E-state index in [4.69, 9.17) is 0 Å². The number of carbonyl (C=O) groups is 1. The van der Waals surface area contributed by atoms with Gasteiger partial charge in [-0.3, -0.25) is 0 Å². The molecule has 0 saturated carbocycles. The van der Waals surface area contributed by atoms with Gasteiger partial charge >= 0.3 is 5.97 Å². The molecule has 3 rings (SSSR count). The molecule has 100 valence electrons. The zero-order chi connectivity index (χ0) is 14.3. The van der Waals surface area contributed by atoms with Crippen LogP contribution < -0.4 is 0 Å². The molecular formula is C14H10BrN3O2. The Kier molecular flexibility index (Phi) is 3.02. The van der Waals surface area contributed by atoms with Crippen molar-refractivity contribution in [2.45, 2.75) is 6.92 Å². The van der Waals surface area contributed by atoms with Gasteiger partial charge in [0.15, 0.2) is 11.3 Å². The van der Waals surface area contributed by atoms with E-state index in [-0.39, 0.29) is 5.69 Å². The van der Waals surface area contributed by atoms with Gasteiger partial charge in [-0.1, -0.05) is 15.9 Å². The van der Waals surface area contributed by atoms with Gasteiger partial charge in [-0.2, -0.15) is 5.10 Å². The number of aromatic carboxylic acids is 1. The van der Waals surface area contributed by atoms with Crippen molar-refractivity contribution in [3.8, 4) is 5.69 Å². The molecule has 0 atom stereocenters. The Bertz CT molecular complexity index is 806.